The molecule has 0 aliphatic carbocycles. The first kappa shape index (κ1) is 15.1. The Balaban J connectivity index is 1.29. The maximum Gasteiger partial charge on any atom is 0.241 e. The van der Waals surface area contributed by atoms with Gasteiger partial charge in [0.2, 0.25) is 11.7 Å². The summed E-state index contributed by atoms with van der Waals surface area (Å²) >= 11 is 0. The molecule has 1 aliphatic rings. The number of piperazine rings is 1. The van der Waals surface area contributed by atoms with Crippen molar-refractivity contribution in [1.29, 1.82) is 0 Å². The van der Waals surface area contributed by atoms with E-state index in [0.29, 0.717) is 24.0 Å². The highest BCUT2D eigenvalue weighted by atomic mass is 16.5. The van der Waals surface area contributed by atoms with Crippen molar-refractivity contribution in [2.45, 2.75) is 20.0 Å². The minimum absolute atomic E-state index is 0.495. The zero-order valence-corrected chi connectivity index (χ0v) is 13.5. The summed E-state index contributed by atoms with van der Waals surface area (Å²) in [5.41, 5.74) is 0.987. The zero-order chi connectivity index (χ0) is 16.4. The quantitative estimate of drug-likeness (QED) is 0.702. The zero-order valence-electron chi connectivity index (χ0n) is 13.5. The van der Waals surface area contributed by atoms with Crippen LogP contribution in [-0.2, 0) is 13.1 Å². The van der Waals surface area contributed by atoms with Gasteiger partial charge in [0.05, 0.1) is 18.5 Å². The molecule has 3 aromatic heterocycles. The standard InChI is InChI=1S/C16H19N5O3/c1-12-9-13(18-23-12)10-20-4-6-21(7-5-20)11-15-17-16(19-24-15)14-3-2-8-22-14/h2-3,8-9H,4-7,10-11H2,1H3. The lowest BCUT2D eigenvalue weighted by Gasteiger charge is -2.33. The maximum absolute atomic E-state index is 5.32. The summed E-state index contributed by atoms with van der Waals surface area (Å²) in [5, 5.41) is 8.01. The molecule has 4 heterocycles. The van der Waals surface area contributed by atoms with Crippen molar-refractivity contribution in [3.8, 4) is 11.6 Å². The smallest absolute Gasteiger partial charge is 0.241 e. The van der Waals surface area contributed by atoms with Crippen molar-refractivity contribution >= 4 is 0 Å². The Bertz CT molecular complexity index is 771. The Morgan fingerprint density at radius 3 is 2.50 bits per heavy atom. The van der Waals surface area contributed by atoms with Gasteiger partial charge in [0.1, 0.15) is 5.76 Å². The summed E-state index contributed by atoms with van der Waals surface area (Å²) < 4.78 is 15.7. The third-order valence-electron chi connectivity index (χ3n) is 4.10. The number of aryl methyl sites for hydroxylation is 1. The maximum atomic E-state index is 5.32. The topological polar surface area (TPSA) is 84.6 Å². The van der Waals surface area contributed by atoms with Crippen LogP contribution in [0.4, 0.5) is 0 Å². The van der Waals surface area contributed by atoms with Gasteiger partial charge in [-0.15, -0.1) is 0 Å². The van der Waals surface area contributed by atoms with E-state index in [1.807, 2.05) is 19.1 Å². The van der Waals surface area contributed by atoms with E-state index < -0.39 is 0 Å². The van der Waals surface area contributed by atoms with Crippen LogP contribution in [0.1, 0.15) is 17.3 Å². The van der Waals surface area contributed by atoms with E-state index in [1.165, 1.54) is 0 Å². The fraction of sp³-hybridized carbons (Fsp3) is 0.438. The number of furan rings is 1. The Labute approximate surface area is 139 Å². The fourth-order valence-corrected chi connectivity index (χ4v) is 2.84. The van der Waals surface area contributed by atoms with Crippen LogP contribution in [0.2, 0.25) is 0 Å². The number of aromatic nitrogens is 3. The molecule has 24 heavy (non-hydrogen) atoms. The van der Waals surface area contributed by atoms with Gasteiger partial charge in [0, 0.05) is 38.8 Å². The first-order valence-electron chi connectivity index (χ1n) is 7.99. The molecule has 126 valence electrons. The van der Waals surface area contributed by atoms with Crippen LogP contribution in [0.25, 0.3) is 11.6 Å². The van der Waals surface area contributed by atoms with Crippen LogP contribution < -0.4 is 0 Å². The molecule has 8 heteroatoms. The van der Waals surface area contributed by atoms with E-state index >= 15 is 0 Å². The van der Waals surface area contributed by atoms with E-state index in [4.69, 9.17) is 13.5 Å². The molecule has 0 N–H and O–H groups in total. The molecule has 0 bridgehead atoms. The van der Waals surface area contributed by atoms with E-state index in [1.54, 1.807) is 12.3 Å². The molecule has 0 unspecified atom stereocenters. The van der Waals surface area contributed by atoms with Crippen LogP contribution in [0.15, 0.2) is 37.9 Å². The van der Waals surface area contributed by atoms with Crippen LogP contribution in [0.3, 0.4) is 0 Å². The summed E-state index contributed by atoms with van der Waals surface area (Å²) in [4.78, 5) is 9.07. The van der Waals surface area contributed by atoms with E-state index in [0.717, 1.165) is 44.2 Å². The van der Waals surface area contributed by atoms with Crippen molar-refractivity contribution in [1.82, 2.24) is 25.1 Å². The van der Waals surface area contributed by atoms with Gasteiger partial charge >= 0.3 is 0 Å². The van der Waals surface area contributed by atoms with Gasteiger partial charge in [-0.2, -0.15) is 4.98 Å². The number of hydrogen-bond acceptors (Lipinski definition) is 8. The second kappa shape index (κ2) is 6.58. The van der Waals surface area contributed by atoms with Gasteiger partial charge in [-0.05, 0) is 19.1 Å². The highest BCUT2D eigenvalue weighted by Crippen LogP contribution is 2.17. The molecule has 0 spiro atoms. The number of nitrogens with zero attached hydrogens (tertiary/aromatic N) is 5. The van der Waals surface area contributed by atoms with E-state index in [9.17, 15) is 0 Å². The lowest BCUT2D eigenvalue weighted by molar-refractivity contribution is 0.110. The van der Waals surface area contributed by atoms with Gasteiger partial charge < -0.3 is 13.5 Å². The highest BCUT2D eigenvalue weighted by Gasteiger charge is 2.20. The Morgan fingerprint density at radius 2 is 1.83 bits per heavy atom. The van der Waals surface area contributed by atoms with E-state index in [2.05, 4.69) is 25.1 Å². The normalized spacial score (nSPS) is 16.7. The van der Waals surface area contributed by atoms with Gasteiger partial charge in [0.25, 0.3) is 0 Å². The van der Waals surface area contributed by atoms with Gasteiger partial charge in [-0.25, -0.2) is 0 Å². The Morgan fingerprint density at radius 1 is 1.04 bits per heavy atom. The lowest BCUT2D eigenvalue weighted by atomic mass is 10.3. The predicted molar refractivity (Wildman–Crippen MR) is 83.8 cm³/mol. The number of hydrogen-bond donors (Lipinski definition) is 0. The highest BCUT2D eigenvalue weighted by molar-refractivity contribution is 5.44. The lowest BCUT2D eigenvalue weighted by Crippen LogP contribution is -2.45. The number of rotatable bonds is 5. The first-order valence-corrected chi connectivity index (χ1v) is 7.99. The van der Waals surface area contributed by atoms with E-state index in [-0.39, 0.29) is 0 Å². The van der Waals surface area contributed by atoms with Crippen LogP contribution >= 0.6 is 0 Å². The largest absolute Gasteiger partial charge is 0.461 e. The monoisotopic (exact) mass is 329 g/mol. The van der Waals surface area contributed by atoms with Crippen molar-refractivity contribution < 1.29 is 13.5 Å². The molecule has 0 amide bonds. The molecule has 0 radical (unpaired) electrons. The average Bonchev–Trinajstić information content (AvgIpc) is 3.31. The third-order valence-corrected chi connectivity index (χ3v) is 4.10. The molecule has 1 fully saturated rings. The average molecular weight is 329 g/mol. The summed E-state index contributed by atoms with van der Waals surface area (Å²) in [6.45, 7) is 7.26. The van der Waals surface area contributed by atoms with Crippen molar-refractivity contribution in [2.24, 2.45) is 0 Å². The van der Waals surface area contributed by atoms with Crippen LogP contribution in [-0.4, -0.2) is 51.3 Å². The SMILES string of the molecule is Cc1cc(CN2CCN(Cc3nc(-c4ccco4)no3)CC2)no1. The van der Waals surface area contributed by atoms with Gasteiger partial charge in [-0.1, -0.05) is 10.3 Å². The minimum Gasteiger partial charge on any atom is -0.461 e. The second-order valence-electron chi connectivity index (χ2n) is 5.97. The summed E-state index contributed by atoms with van der Waals surface area (Å²) in [6, 6.07) is 5.61. The first-order chi connectivity index (χ1) is 11.8. The van der Waals surface area contributed by atoms with Crippen LogP contribution in [0, 0.1) is 6.92 Å². The van der Waals surface area contributed by atoms with Crippen molar-refractivity contribution in [2.75, 3.05) is 26.2 Å². The van der Waals surface area contributed by atoms with Crippen molar-refractivity contribution in [3.05, 3.63) is 41.8 Å². The molecule has 1 saturated heterocycles. The molecular formula is C16H19N5O3. The molecule has 8 nitrogen and oxygen atoms in total. The fourth-order valence-electron chi connectivity index (χ4n) is 2.84. The van der Waals surface area contributed by atoms with Gasteiger partial charge in [0.15, 0.2) is 5.76 Å². The molecule has 4 rings (SSSR count). The molecule has 0 aromatic carbocycles. The van der Waals surface area contributed by atoms with Crippen molar-refractivity contribution in [3.63, 3.8) is 0 Å². The summed E-state index contributed by atoms with van der Waals surface area (Å²) in [6.07, 6.45) is 1.60. The molecule has 0 atom stereocenters. The molecular weight excluding hydrogens is 310 g/mol. The second-order valence-corrected chi connectivity index (χ2v) is 5.97. The minimum atomic E-state index is 0.495. The molecule has 0 saturated carbocycles. The third kappa shape index (κ3) is 3.39. The predicted octanol–water partition coefficient (Wildman–Crippen LogP) is 1.94. The molecule has 1 aliphatic heterocycles. The van der Waals surface area contributed by atoms with Crippen LogP contribution in [0.5, 0.6) is 0 Å². The Hall–Kier alpha value is -2.45. The summed E-state index contributed by atoms with van der Waals surface area (Å²) in [5.74, 6) is 2.59. The Kier molecular flexibility index (Phi) is 4.14. The molecule has 3 aromatic rings. The van der Waals surface area contributed by atoms with Gasteiger partial charge in [-0.3, -0.25) is 9.80 Å². The summed E-state index contributed by atoms with van der Waals surface area (Å²) in [7, 11) is 0.